The number of nitrogens with one attached hydrogen (secondary N) is 1. The topological polar surface area (TPSA) is 42.0 Å². The number of amides is 1. The van der Waals surface area contributed by atoms with Crippen LogP contribution in [0.3, 0.4) is 0 Å². The third-order valence-electron chi connectivity index (χ3n) is 2.85. The van der Waals surface area contributed by atoms with Gasteiger partial charge in [-0.3, -0.25) is 4.79 Å². The first-order chi connectivity index (χ1) is 7.79. The van der Waals surface area contributed by atoms with Crippen LogP contribution in [-0.2, 0) is 17.6 Å². The first kappa shape index (κ1) is 14.5. The van der Waals surface area contributed by atoms with E-state index in [9.17, 15) is 4.79 Å². The molecule has 0 aliphatic heterocycles. The van der Waals surface area contributed by atoms with Crippen molar-refractivity contribution in [2.75, 3.05) is 5.32 Å². The van der Waals surface area contributed by atoms with Crippen LogP contribution < -0.4 is 5.32 Å². The first-order valence-electron chi connectivity index (χ1n) is 6.08. The van der Waals surface area contributed by atoms with E-state index >= 15 is 0 Å². The number of aryl methyl sites for hydroxylation is 2. The number of nitrogens with zero attached hydrogens (tertiary/aromatic N) is 1. The Hall–Kier alpha value is -0.610. The Labute approximate surface area is 112 Å². The molecule has 1 aliphatic carbocycles. The summed E-state index contributed by atoms with van der Waals surface area (Å²) in [5.74, 6) is 0.105. The van der Waals surface area contributed by atoms with E-state index in [1.165, 1.54) is 23.4 Å². The molecule has 1 aromatic heterocycles. The van der Waals surface area contributed by atoms with Gasteiger partial charge < -0.3 is 5.32 Å². The fraction of sp³-hybridized carbons (Fsp3) is 0.667. The van der Waals surface area contributed by atoms with Gasteiger partial charge in [-0.15, -0.1) is 23.7 Å². The van der Waals surface area contributed by atoms with Crippen molar-refractivity contribution in [2.24, 2.45) is 0 Å². The number of hydrogen-bond donors (Lipinski definition) is 1. The predicted molar refractivity (Wildman–Crippen MR) is 74.2 cm³/mol. The molecule has 1 aromatic rings. The van der Waals surface area contributed by atoms with Gasteiger partial charge in [0, 0.05) is 11.3 Å². The second-order valence-electron chi connectivity index (χ2n) is 4.25. The number of unbranched alkanes of at least 4 members (excludes halogenated alkanes) is 1. The number of fused-ring (bicyclic) bond motifs is 1. The molecule has 0 aromatic carbocycles. The molecular weight excluding hydrogens is 256 g/mol. The number of carbonyl (C=O) groups excluding carboxylic acids is 1. The van der Waals surface area contributed by atoms with Crippen LogP contribution in [0.4, 0.5) is 5.13 Å². The minimum Gasteiger partial charge on any atom is -0.302 e. The second-order valence-corrected chi connectivity index (χ2v) is 5.33. The molecule has 0 unspecified atom stereocenters. The summed E-state index contributed by atoms with van der Waals surface area (Å²) in [6, 6.07) is 0. The van der Waals surface area contributed by atoms with Crippen LogP contribution in [-0.4, -0.2) is 10.9 Å². The average molecular weight is 275 g/mol. The Morgan fingerprint density at radius 2 is 2.18 bits per heavy atom. The molecule has 1 heterocycles. The monoisotopic (exact) mass is 274 g/mol. The van der Waals surface area contributed by atoms with E-state index in [0.29, 0.717) is 6.42 Å². The summed E-state index contributed by atoms with van der Waals surface area (Å²) in [6.07, 6.45) is 7.34. The summed E-state index contributed by atoms with van der Waals surface area (Å²) in [6.45, 7) is 2.09. The fourth-order valence-corrected chi connectivity index (χ4v) is 2.99. The van der Waals surface area contributed by atoms with Gasteiger partial charge in [-0.05, 0) is 32.1 Å². The van der Waals surface area contributed by atoms with E-state index in [2.05, 4.69) is 17.2 Å². The number of aromatic nitrogens is 1. The van der Waals surface area contributed by atoms with Crippen molar-refractivity contribution < 1.29 is 4.79 Å². The summed E-state index contributed by atoms with van der Waals surface area (Å²) in [7, 11) is 0. The highest BCUT2D eigenvalue weighted by Crippen LogP contribution is 2.29. The lowest BCUT2D eigenvalue weighted by atomic mass is 10.0. The van der Waals surface area contributed by atoms with Gasteiger partial charge in [0.05, 0.1) is 5.69 Å². The summed E-state index contributed by atoms with van der Waals surface area (Å²) in [5, 5.41) is 3.70. The number of thiazole rings is 1. The molecule has 0 bridgehead atoms. The van der Waals surface area contributed by atoms with Gasteiger partial charge in [0.15, 0.2) is 5.13 Å². The van der Waals surface area contributed by atoms with E-state index < -0.39 is 0 Å². The third kappa shape index (κ3) is 3.96. The van der Waals surface area contributed by atoms with Gasteiger partial charge in [-0.25, -0.2) is 4.98 Å². The highest BCUT2D eigenvalue weighted by molar-refractivity contribution is 7.15. The van der Waals surface area contributed by atoms with Gasteiger partial charge in [0.1, 0.15) is 0 Å². The molecule has 0 saturated heterocycles. The maximum Gasteiger partial charge on any atom is 0.226 e. The van der Waals surface area contributed by atoms with Crippen LogP contribution in [0.1, 0.15) is 49.6 Å². The van der Waals surface area contributed by atoms with Crippen LogP contribution in [0.5, 0.6) is 0 Å². The SMILES string of the molecule is CCCCC(=O)Nc1nc2c(s1)CCCC2.Cl. The van der Waals surface area contributed by atoms with Crippen LogP contribution in [0.25, 0.3) is 0 Å². The Bertz CT molecular complexity index is 355. The number of carbonyl (C=O) groups is 1. The van der Waals surface area contributed by atoms with Crippen molar-refractivity contribution in [1.29, 1.82) is 0 Å². The van der Waals surface area contributed by atoms with Gasteiger partial charge in [0.25, 0.3) is 0 Å². The summed E-state index contributed by atoms with van der Waals surface area (Å²) >= 11 is 1.65. The standard InChI is InChI=1S/C12H18N2OS.ClH/c1-2-3-8-11(15)14-12-13-9-6-4-5-7-10(9)16-12;/h2-8H2,1H3,(H,13,14,15);1H. The zero-order chi connectivity index (χ0) is 11.4. The first-order valence-corrected chi connectivity index (χ1v) is 6.89. The number of anilines is 1. The Morgan fingerprint density at radius 1 is 1.41 bits per heavy atom. The molecule has 0 atom stereocenters. The van der Waals surface area contributed by atoms with E-state index in [4.69, 9.17) is 0 Å². The maximum absolute atomic E-state index is 11.5. The normalized spacial score (nSPS) is 13.7. The lowest BCUT2D eigenvalue weighted by Crippen LogP contribution is -2.10. The molecule has 5 heteroatoms. The molecule has 1 aliphatic rings. The molecule has 96 valence electrons. The molecular formula is C12H19ClN2OS. The molecule has 0 saturated carbocycles. The molecule has 0 fully saturated rings. The minimum atomic E-state index is 0. The van der Waals surface area contributed by atoms with E-state index in [1.54, 1.807) is 11.3 Å². The maximum atomic E-state index is 11.5. The minimum absolute atomic E-state index is 0. The largest absolute Gasteiger partial charge is 0.302 e. The Morgan fingerprint density at radius 3 is 2.88 bits per heavy atom. The molecule has 1 amide bonds. The summed E-state index contributed by atoms with van der Waals surface area (Å²) in [4.78, 5) is 17.4. The molecule has 2 rings (SSSR count). The van der Waals surface area contributed by atoms with Crippen molar-refractivity contribution in [3.63, 3.8) is 0 Å². The molecule has 0 spiro atoms. The molecule has 17 heavy (non-hydrogen) atoms. The highest BCUT2D eigenvalue weighted by Gasteiger charge is 2.15. The predicted octanol–water partition coefficient (Wildman–Crippen LogP) is 3.57. The molecule has 0 radical (unpaired) electrons. The zero-order valence-electron chi connectivity index (χ0n) is 10.1. The van der Waals surface area contributed by atoms with E-state index in [-0.39, 0.29) is 18.3 Å². The fourth-order valence-electron chi connectivity index (χ4n) is 1.92. The van der Waals surface area contributed by atoms with E-state index in [1.807, 2.05) is 0 Å². The van der Waals surface area contributed by atoms with Crippen molar-refractivity contribution in [2.45, 2.75) is 51.9 Å². The Balaban J connectivity index is 0.00000144. The van der Waals surface area contributed by atoms with Crippen molar-refractivity contribution in [3.8, 4) is 0 Å². The molecule has 3 nitrogen and oxygen atoms in total. The quantitative estimate of drug-likeness (QED) is 0.912. The van der Waals surface area contributed by atoms with Crippen LogP contribution in [0, 0.1) is 0 Å². The van der Waals surface area contributed by atoms with Crippen LogP contribution >= 0.6 is 23.7 Å². The summed E-state index contributed by atoms with van der Waals surface area (Å²) < 4.78 is 0. The number of halogens is 1. The smallest absolute Gasteiger partial charge is 0.226 e. The van der Waals surface area contributed by atoms with Crippen LogP contribution in [0.2, 0.25) is 0 Å². The van der Waals surface area contributed by atoms with Crippen molar-refractivity contribution >= 4 is 34.8 Å². The highest BCUT2D eigenvalue weighted by atomic mass is 35.5. The third-order valence-corrected chi connectivity index (χ3v) is 3.92. The number of rotatable bonds is 4. The lowest BCUT2D eigenvalue weighted by molar-refractivity contribution is -0.116. The Kier molecular flexibility index (Phi) is 5.92. The zero-order valence-corrected chi connectivity index (χ0v) is 11.8. The van der Waals surface area contributed by atoms with Gasteiger partial charge in [-0.1, -0.05) is 13.3 Å². The lowest BCUT2D eigenvalue weighted by Gasteiger charge is -2.06. The number of hydrogen-bond acceptors (Lipinski definition) is 3. The van der Waals surface area contributed by atoms with Gasteiger partial charge in [0.2, 0.25) is 5.91 Å². The average Bonchev–Trinajstić information content (AvgIpc) is 2.68. The van der Waals surface area contributed by atoms with Gasteiger partial charge in [-0.2, -0.15) is 0 Å². The second kappa shape index (κ2) is 6.97. The summed E-state index contributed by atoms with van der Waals surface area (Å²) in [5.41, 5.74) is 1.21. The molecule has 1 N–H and O–H groups in total. The van der Waals surface area contributed by atoms with Crippen molar-refractivity contribution in [3.05, 3.63) is 10.6 Å². The van der Waals surface area contributed by atoms with Crippen molar-refractivity contribution in [1.82, 2.24) is 4.98 Å². The van der Waals surface area contributed by atoms with Crippen LogP contribution in [0.15, 0.2) is 0 Å². The van der Waals surface area contributed by atoms with E-state index in [0.717, 1.165) is 30.8 Å². The van der Waals surface area contributed by atoms with Gasteiger partial charge >= 0.3 is 0 Å².